The van der Waals surface area contributed by atoms with Gasteiger partial charge in [0, 0.05) is 10.2 Å². The van der Waals surface area contributed by atoms with Crippen molar-refractivity contribution in [1.82, 2.24) is 0 Å². The molecule has 1 N–H and O–H groups in total. The van der Waals surface area contributed by atoms with Crippen LogP contribution < -0.4 is 14.8 Å². The van der Waals surface area contributed by atoms with Crippen LogP contribution in [-0.2, 0) is 17.8 Å². The van der Waals surface area contributed by atoms with E-state index < -0.39 is 5.91 Å². The number of nitrogens with one attached hydrogen (secondary N) is 1. The third-order valence-electron chi connectivity index (χ3n) is 4.87. The first kappa shape index (κ1) is 24.6. The number of nitrogens with zero attached hydrogens (tertiary/aromatic N) is 1. The van der Waals surface area contributed by atoms with E-state index >= 15 is 0 Å². The maximum absolute atomic E-state index is 12.7. The Balaban J connectivity index is 1.82. The van der Waals surface area contributed by atoms with Gasteiger partial charge in [-0.1, -0.05) is 53.2 Å². The molecule has 1 amide bonds. The molecule has 0 aliphatic heterocycles. The molecule has 7 heteroatoms. The van der Waals surface area contributed by atoms with Crippen molar-refractivity contribution >= 4 is 49.5 Å². The predicted octanol–water partition coefficient (Wildman–Crippen LogP) is 6.91. The summed E-state index contributed by atoms with van der Waals surface area (Å²) in [5, 5.41) is 12.4. The first-order valence-electron chi connectivity index (χ1n) is 10.2. The summed E-state index contributed by atoms with van der Waals surface area (Å²) in [5.74, 6) is 0.559. The Morgan fingerprint density at radius 2 is 1.85 bits per heavy atom. The number of anilines is 1. The van der Waals surface area contributed by atoms with E-state index in [1.807, 2.05) is 61.5 Å². The first-order chi connectivity index (χ1) is 15.9. The maximum Gasteiger partial charge on any atom is 0.266 e. The van der Waals surface area contributed by atoms with Crippen molar-refractivity contribution in [3.63, 3.8) is 0 Å². The number of para-hydroxylation sites is 1. The lowest BCUT2D eigenvalue weighted by molar-refractivity contribution is -0.112. The molecule has 0 atom stereocenters. The van der Waals surface area contributed by atoms with E-state index in [9.17, 15) is 10.1 Å². The summed E-state index contributed by atoms with van der Waals surface area (Å²) < 4.78 is 13.1. The number of amides is 1. The van der Waals surface area contributed by atoms with Crippen molar-refractivity contribution in [3.8, 4) is 17.6 Å². The number of nitriles is 1. The lowest BCUT2D eigenvalue weighted by atomic mass is 10.1. The highest BCUT2D eigenvalue weighted by Crippen LogP contribution is 2.38. The minimum absolute atomic E-state index is 0.0154. The van der Waals surface area contributed by atoms with Crippen LogP contribution in [0.5, 0.6) is 11.5 Å². The minimum atomic E-state index is -0.468. The van der Waals surface area contributed by atoms with Crippen LogP contribution in [-0.4, -0.2) is 13.0 Å². The lowest BCUT2D eigenvalue weighted by Crippen LogP contribution is -2.14. The van der Waals surface area contributed by atoms with E-state index in [0.717, 1.165) is 22.0 Å². The third-order valence-corrected chi connectivity index (χ3v) is 5.99. The van der Waals surface area contributed by atoms with Crippen LogP contribution >= 0.6 is 31.9 Å². The van der Waals surface area contributed by atoms with Gasteiger partial charge < -0.3 is 14.8 Å². The normalized spacial score (nSPS) is 10.9. The van der Waals surface area contributed by atoms with Gasteiger partial charge >= 0.3 is 0 Å². The quantitative estimate of drug-likeness (QED) is 0.236. The lowest BCUT2D eigenvalue weighted by Gasteiger charge is -2.14. The molecule has 0 radical (unpaired) electrons. The molecule has 3 aromatic carbocycles. The number of carbonyl (C=O) groups is 1. The molecule has 168 valence electrons. The topological polar surface area (TPSA) is 71.4 Å². The molecule has 3 rings (SSSR count). The number of carbonyl (C=O) groups excluding carboxylic acids is 1. The van der Waals surface area contributed by atoms with Crippen molar-refractivity contribution in [2.45, 2.75) is 20.0 Å². The summed E-state index contributed by atoms with van der Waals surface area (Å²) in [6, 6.07) is 20.9. The van der Waals surface area contributed by atoms with Crippen LogP contribution in [0.1, 0.15) is 23.6 Å². The molecule has 0 heterocycles. The van der Waals surface area contributed by atoms with Gasteiger partial charge in [0.2, 0.25) is 0 Å². The van der Waals surface area contributed by atoms with Crippen LogP contribution in [0.4, 0.5) is 5.69 Å². The number of rotatable bonds is 8. The van der Waals surface area contributed by atoms with Gasteiger partial charge in [0.25, 0.3) is 5.91 Å². The van der Waals surface area contributed by atoms with Gasteiger partial charge in [-0.25, -0.2) is 0 Å². The number of methoxy groups -OCH3 is 1. The largest absolute Gasteiger partial charge is 0.493 e. The van der Waals surface area contributed by atoms with Crippen LogP contribution in [0, 0.1) is 11.3 Å². The molecular formula is C26H22Br2N2O3. The Kier molecular flexibility index (Phi) is 8.70. The number of hydrogen-bond donors (Lipinski definition) is 1. The molecule has 0 bridgehead atoms. The fourth-order valence-electron chi connectivity index (χ4n) is 3.15. The number of hydrogen-bond acceptors (Lipinski definition) is 4. The third kappa shape index (κ3) is 6.47. The molecule has 0 aromatic heterocycles. The number of halogens is 2. The highest BCUT2D eigenvalue weighted by Gasteiger charge is 2.15. The molecule has 3 aromatic rings. The van der Waals surface area contributed by atoms with Gasteiger partial charge in [-0.15, -0.1) is 0 Å². The summed E-state index contributed by atoms with van der Waals surface area (Å²) in [5.41, 5.74) is 3.32. The van der Waals surface area contributed by atoms with Crippen molar-refractivity contribution in [3.05, 3.63) is 91.9 Å². The average molecular weight is 570 g/mol. The average Bonchev–Trinajstić information content (AvgIpc) is 2.82. The Labute approximate surface area is 210 Å². The van der Waals surface area contributed by atoms with E-state index in [0.29, 0.717) is 33.8 Å². The van der Waals surface area contributed by atoms with Crippen molar-refractivity contribution < 1.29 is 14.3 Å². The Morgan fingerprint density at radius 1 is 1.12 bits per heavy atom. The second kappa shape index (κ2) is 11.7. The zero-order valence-corrected chi connectivity index (χ0v) is 21.4. The highest BCUT2D eigenvalue weighted by molar-refractivity contribution is 9.10. The van der Waals surface area contributed by atoms with Crippen LogP contribution in [0.3, 0.4) is 0 Å². The van der Waals surface area contributed by atoms with Gasteiger partial charge in [0.1, 0.15) is 18.2 Å². The van der Waals surface area contributed by atoms with Gasteiger partial charge in [0.15, 0.2) is 11.5 Å². The van der Waals surface area contributed by atoms with Crippen molar-refractivity contribution in [2.75, 3.05) is 12.4 Å². The predicted molar refractivity (Wildman–Crippen MR) is 137 cm³/mol. The van der Waals surface area contributed by atoms with E-state index in [1.165, 1.54) is 6.08 Å². The van der Waals surface area contributed by atoms with E-state index in [4.69, 9.17) is 9.47 Å². The Hall–Kier alpha value is -3.08. The molecule has 0 saturated carbocycles. The van der Waals surface area contributed by atoms with Crippen LogP contribution in [0.15, 0.2) is 75.2 Å². The fraction of sp³-hybridized carbons (Fsp3) is 0.154. The van der Waals surface area contributed by atoms with Crippen LogP contribution in [0.25, 0.3) is 6.08 Å². The molecular weight excluding hydrogens is 548 g/mol. The summed E-state index contributed by atoms with van der Waals surface area (Å²) in [4.78, 5) is 12.7. The number of ether oxygens (including phenoxy) is 2. The molecule has 0 aliphatic carbocycles. The fourth-order valence-corrected chi connectivity index (χ4v) is 3.99. The van der Waals surface area contributed by atoms with E-state index in [2.05, 4.69) is 37.2 Å². The Morgan fingerprint density at radius 3 is 2.52 bits per heavy atom. The summed E-state index contributed by atoms with van der Waals surface area (Å²) in [7, 11) is 1.54. The monoisotopic (exact) mass is 568 g/mol. The molecule has 0 fully saturated rings. The minimum Gasteiger partial charge on any atom is -0.493 e. The molecule has 0 saturated heterocycles. The Bertz CT molecular complexity index is 1220. The smallest absolute Gasteiger partial charge is 0.266 e. The van der Waals surface area contributed by atoms with Gasteiger partial charge in [-0.2, -0.15) is 5.26 Å². The molecule has 0 spiro atoms. The summed E-state index contributed by atoms with van der Waals surface area (Å²) >= 11 is 6.94. The molecule has 5 nitrogen and oxygen atoms in total. The summed E-state index contributed by atoms with van der Waals surface area (Å²) in [6.07, 6.45) is 2.30. The maximum atomic E-state index is 12.7. The number of aryl methyl sites for hydroxylation is 1. The summed E-state index contributed by atoms with van der Waals surface area (Å²) in [6.45, 7) is 2.37. The second-order valence-corrected chi connectivity index (χ2v) is 8.85. The standard InChI is InChI=1S/C26H22Br2N2O3/c1-3-19-6-4-5-7-23(19)30-26(31)20(15-29)12-18-13-22(28)25(24(14-18)32-2)33-16-17-8-10-21(27)11-9-17/h4-14H,3,16H2,1-2H3,(H,30,31)/b20-12+. The van der Waals surface area contributed by atoms with Crippen molar-refractivity contribution in [1.29, 1.82) is 5.26 Å². The SMILES string of the molecule is CCc1ccccc1NC(=O)/C(C#N)=C/c1cc(Br)c(OCc2ccc(Br)cc2)c(OC)c1. The van der Waals surface area contributed by atoms with Gasteiger partial charge in [-0.05, 0) is 75.4 Å². The zero-order valence-electron chi connectivity index (χ0n) is 18.2. The molecule has 0 unspecified atom stereocenters. The van der Waals surface area contributed by atoms with E-state index in [-0.39, 0.29) is 5.57 Å². The second-order valence-electron chi connectivity index (χ2n) is 7.08. The van der Waals surface area contributed by atoms with Crippen LogP contribution in [0.2, 0.25) is 0 Å². The van der Waals surface area contributed by atoms with Gasteiger partial charge in [-0.3, -0.25) is 4.79 Å². The first-order valence-corrected chi connectivity index (χ1v) is 11.8. The zero-order chi connectivity index (χ0) is 23.8. The highest BCUT2D eigenvalue weighted by atomic mass is 79.9. The van der Waals surface area contributed by atoms with Crippen molar-refractivity contribution in [2.24, 2.45) is 0 Å². The van der Waals surface area contributed by atoms with E-state index in [1.54, 1.807) is 19.2 Å². The van der Waals surface area contributed by atoms with Gasteiger partial charge in [0.05, 0.1) is 11.6 Å². The number of benzene rings is 3. The molecule has 0 aliphatic rings. The molecule has 33 heavy (non-hydrogen) atoms.